The summed E-state index contributed by atoms with van der Waals surface area (Å²) in [6, 6.07) is 9.29. The van der Waals surface area contributed by atoms with Crippen LogP contribution in [0.25, 0.3) is 0 Å². The SMILES string of the molecule is O=C(Nc1ccc(N2CCCC2)c(C(=O)NCCN2CCOCC2)c1)c1cccc(C(F)(F)F)c1. The summed E-state index contributed by atoms with van der Waals surface area (Å²) in [6.07, 6.45) is -2.47. The Hall–Kier alpha value is -3.11. The van der Waals surface area contributed by atoms with Crippen LogP contribution in [0.3, 0.4) is 0 Å². The third-order valence-electron chi connectivity index (χ3n) is 6.22. The molecule has 2 aromatic carbocycles. The van der Waals surface area contributed by atoms with E-state index in [0.29, 0.717) is 37.6 Å². The van der Waals surface area contributed by atoms with Crippen LogP contribution in [-0.4, -0.2) is 69.2 Å². The highest BCUT2D eigenvalue weighted by atomic mass is 19.4. The Morgan fingerprint density at radius 2 is 1.69 bits per heavy atom. The van der Waals surface area contributed by atoms with Gasteiger partial charge in [-0.2, -0.15) is 13.2 Å². The number of benzene rings is 2. The average molecular weight is 491 g/mol. The fourth-order valence-corrected chi connectivity index (χ4v) is 4.32. The zero-order valence-corrected chi connectivity index (χ0v) is 19.4. The van der Waals surface area contributed by atoms with E-state index in [4.69, 9.17) is 4.74 Å². The molecule has 0 atom stereocenters. The number of carbonyl (C=O) groups excluding carboxylic acids is 2. The van der Waals surface area contributed by atoms with Gasteiger partial charge in [0.05, 0.1) is 24.3 Å². The number of carbonyl (C=O) groups is 2. The molecule has 2 N–H and O–H groups in total. The fraction of sp³-hybridized carbons (Fsp3) is 0.440. The first-order valence-electron chi connectivity index (χ1n) is 11.8. The first-order valence-corrected chi connectivity index (χ1v) is 11.8. The van der Waals surface area contributed by atoms with Crippen molar-refractivity contribution in [1.82, 2.24) is 10.2 Å². The maximum Gasteiger partial charge on any atom is 0.416 e. The molecule has 2 heterocycles. The Balaban J connectivity index is 1.48. The van der Waals surface area contributed by atoms with E-state index in [1.807, 2.05) is 0 Å². The molecular weight excluding hydrogens is 461 g/mol. The molecule has 0 bridgehead atoms. The van der Waals surface area contributed by atoms with Gasteiger partial charge in [-0.25, -0.2) is 0 Å². The van der Waals surface area contributed by atoms with Gasteiger partial charge in [-0.1, -0.05) is 6.07 Å². The van der Waals surface area contributed by atoms with Gasteiger partial charge < -0.3 is 20.3 Å². The molecule has 0 saturated carbocycles. The van der Waals surface area contributed by atoms with E-state index >= 15 is 0 Å². The van der Waals surface area contributed by atoms with E-state index in [2.05, 4.69) is 20.4 Å². The lowest BCUT2D eigenvalue weighted by Crippen LogP contribution is -2.41. The zero-order chi connectivity index (χ0) is 24.8. The third kappa shape index (κ3) is 6.52. The molecule has 2 aromatic rings. The number of amides is 2. The third-order valence-corrected chi connectivity index (χ3v) is 6.22. The zero-order valence-electron chi connectivity index (χ0n) is 19.4. The van der Waals surface area contributed by atoms with E-state index in [9.17, 15) is 22.8 Å². The number of morpholine rings is 1. The van der Waals surface area contributed by atoms with Crippen LogP contribution in [0.4, 0.5) is 24.5 Å². The molecule has 0 radical (unpaired) electrons. The monoisotopic (exact) mass is 490 g/mol. The second-order valence-electron chi connectivity index (χ2n) is 8.67. The van der Waals surface area contributed by atoms with Crippen LogP contribution >= 0.6 is 0 Å². The number of rotatable bonds is 7. The summed E-state index contributed by atoms with van der Waals surface area (Å²) in [4.78, 5) is 30.1. The highest BCUT2D eigenvalue weighted by molar-refractivity contribution is 6.06. The fourth-order valence-electron chi connectivity index (χ4n) is 4.32. The molecule has 35 heavy (non-hydrogen) atoms. The van der Waals surface area contributed by atoms with Crippen LogP contribution in [0.1, 0.15) is 39.1 Å². The first-order chi connectivity index (χ1) is 16.8. The van der Waals surface area contributed by atoms with Gasteiger partial charge in [0.2, 0.25) is 0 Å². The number of alkyl halides is 3. The molecule has 10 heteroatoms. The quantitative estimate of drug-likeness (QED) is 0.620. The Morgan fingerprint density at radius 1 is 0.943 bits per heavy atom. The first kappa shape index (κ1) is 25.0. The minimum Gasteiger partial charge on any atom is -0.379 e. The lowest BCUT2D eigenvalue weighted by atomic mass is 10.1. The van der Waals surface area contributed by atoms with Gasteiger partial charge in [0, 0.05) is 56.2 Å². The number of ether oxygens (including phenoxy) is 1. The van der Waals surface area contributed by atoms with E-state index in [1.54, 1.807) is 18.2 Å². The molecule has 0 aromatic heterocycles. The van der Waals surface area contributed by atoms with Crippen LogP contribution in [0.5, 0.6) is 0 Å². The van der Waals surface area contributed by atoms with Crippen molar-refractivity contribution in [3.63, 3.8) is 0 Å². The maximum absolute atomic E-state index is 13.1. The standard InChI is InChI=1S/C25H29F3N4O3/c26-25(27,28)19-5-3-4-18(16-19)23(33)30-20-6-7-22(32-9-1-2-10-32)21(17-20)24(34)29-8-11-31-12-14-35-15-13-31/h3-7,16-17H,1-2,8-15H2,(H,29,34)(H,30,33). The van der Waals surface area contributed by atoms with Gasteiger partial charge in [0.25, 0.3) is 11.8 Å². The summed E-state index contributed by atoms with van der Waals surface area (Å²) in [7, 11) is 0. The van der Waals surface area contributed by atoms with Crippen LogP contribution in [0.2, 0.25) is 0 Å². The van der Waals surface area contributed by atoms with Gasteiger partial charge in [0.15, 0.2) is 0 Å². The van der Waals surface area contributed by atoms with E-state index in [1.165, 1.54) is 12.1 Å². The van der Waals surface area contributed by atoms with Gasteiger partial charge in [0.1, 0.15) is 0 Å². The van der Waals surface area contributed by atoms with Gasteiger partial charge >= 0.3 is 6.18 Å². The molecule has 2 saturated heterocycles. The molecule has 0 spiro atoms. The van der Waals surface area contributed by atoms with Crippen molar-refractivity contribution in [2.75, 3.05) is 62.7 Å². The second kappa shape index (κ2) is 11.1. The summed E-state index contributed by atoms with van der Waals surface area (Å²) in [5.41, 5.74) is 0.544. The van der Waals surface area contributed by atoms with E-state index in [-0.39, 0.29) is 11.5 Å². The van der Waals surface area contributed by atoms with Crippen molar-refractivity contribution >= 4 is 23.2 Å². The molecule has 188 valence electrons. The predicted molar refractivity (Wildman–Crippen MR) is 127 cm³/mol. The largest absolute Gasteiger partial charge is 0.416 e. The molecule has 0 aliphatic carbocycles. The molecule has 7 nitrogen and oxygen atoms in total. The van der Waals surface area contributed by atoms with Crippen molar-refractivity contribution in [3.05, 3.63) is 59.2 Å². The summed E-state index contributed by atoms with van der Waals surface area (Å²) >= 11 is 0. The number of anilines is 2. The molecule has 4 rings (SSSR count). The van der Waals surface area contributed by atoms with Crippen LogP contribution in [-0.2, 0) is 10.9 Å². The molecule has 2 aliphatic rings. The highest BCUT2D eigenvalue weighted by Gasteiger charge is 2.31. The number of hydrogen-bond donors (Lipinski definition) is 2. The summed E-state index contributed by atoms with van der Waals surface area (Å²) in [5.74, 6) is -0.931. The molecule has 0 unspecified atom stereocenters. The van der Waals surface area contributed by atoms with Crippen LogP contribution < -0.4 is 15.5 Å². The minimum atomic E-state index is -4.54. The predicted octanol–water partition coefficient (Wildman–Crippen LogP) is 3.62. The molecule has 2 fully saturated rings. The van der Waals surface area contributed by atoms with E-state index < -0.39 is 17.6 Å². The minimum absolute atomic E-state index is 0.111. The maximum atomic E-state index is 13.1. The van der Waals surface area contributed by atoms with Crippen molar-refractivity contribution in [2.45, 2.75) is 19.0 Å². The normalized spacial score (nSPS) is 16.8. The van der Waals surface area contributed by atoms with E-state index in [0.717, 1.165) is 56.8 Å². The lowest BCUT2D eigenvalue weighted by Gasteiger charge is -2.26. The van der Waals surface area contributed by atoms with Crippen LogP contribution in [0, 0.1) is 0 Å². The topological polar surface area (TPSA) is 73.9 Å². The summed E-state index contributed by atoms with van der Waals surface area (Å²) in [5, 5.41) is 5.59. The smallest absolute Gasteiger partial charge is 0.379 e. The Morgan fingerprint density at radius 3 is 2.40 bits per heavy atom. The van der Waals surface area contributed by atoms with Gasteiger partial charge in [-0.05, 0) is 49.2 Å². The number of halogens is 3. The second-order valence-corrected chi connectivity index (χ2v) is 8.67. The summed E-state index contributed by atoms with van der Waals surface area (Å²) < 4.78 is 44.4. The van der Waals surface area contributed by atoms with Crippen molar-refractivity contribution in [2.24, 2.45) is 0 Å². The Labute approximate surface area is 202 Å². The average Bonchev–Trinajstić information content (AvgIpc) is 3.39. The highest BCUT2D eigenvalue weighted by Crippen LogP contribution is 2.30. The van der Waals surface area contributed by atoms with Crippen LogP contribution in [0.15, 0.2) is 42.5 Å². The number of nitrogens with one attached hydrogen (secondary N) is 2. The molecule has 2 aliphatic heterocycles. The number of nitrogens with zero attached hydrogens (tertiary/aromatic N) is 2. The van der Waals surface area contributed by atoms with Gasteiger partial charge in [-0.15, -0.1) is 0 Å². The Bertz CT molecular complexity index is 1050. The van der Waals surface area contributed by atoms with Crippen molar-refractivity contribution in [1.29, 1.82) is 0 Å². The molecular formula is C25H29F3N4O3. The Kier molecular flexibility index (Phi) is 7.92. The van der Waals surface area contributed by atoms with Crippen molar-refractivity contribution < 1.29 is 27.5 Å². The number of hydrogen-bond acceptors (Lipinski definition) is 5. The lowest BCUT2D eigenvalue weighted by molar-refractivity contribution is -0.137. The molecule has 2 amide bonds. The summed E-state index contributed by atoms with van der Waals surface area (Å²) in [6.45, 7) is 5.87. The van der Waals surface area contributed by atoms with Gasteiger partial charge in [-0.3, -0.25) is 14.5 Å². The van der Waals surface area contributed by atoms with Crippen molar-refractivity contribution in [3.8, 4) is 0 Å².